The minimum absolute atomic E-state index is 0.0685. The quantitative estimate of drug-likeness (QED) is 0.771. The molecule has 1 fully saturated rings. The average Bonchev–Trinajstić information content (AvgIpc) is 3.09. The zero-order valence-corrected chi connectivity index (χ0v) is 17.4. The van der Waals surface area contributed by atoms with Gasteiger partial charge < -0.3 is 9.88 Å². The molecule has 1 amide bonds. The Morgan fingerprint density at radius 1 is 1.25 bits per heavy atom. The van der Waals surface area contributed by atoms with Gasteiger partial charge in [-0.3, -0.25) is 4.79 Å². The number of benzene rings is 1. The van der Waals surface area contributed by atoms with Crippen molar-refractivity contribution in [1.29, 1.82) is 0 Å². The molecule has 28 heavy (non-hydrogen) atoms. The van der Waals surface area contributed by atoms with E-state index >= 15 is 0 Å². The number of amides is 1. The summed E-state index contributed by atoms with van der Waals surface area (Å²) in [7, 11) is -3.66. The summed E-state index contributed by atoms with van der Waals surface area (Å²) in [6, 6.07) is 9.87. The average molecular weight is 404 g/mol. The maximum atomic E-state index is 12.9. The van der Waals surface area contributed by atoms with E-state index in [9.17, 15) is 13.2 Å². The van der Waals surface area contributed by atoms with E-state index in [-0.39, 0.29) is 11.8 Å². The molecule has 7 heteroatoms. The van der Waals surface area contributed by atoms with Crippen LogP contribution in [0.4, 0.5) is 0 Å². The van der Waals surface area contributed by atoms with Gasteiger partial charge in [0.05, 0.1) is 0 Å². The summed E-state index contributed by atoms with van der Waals surface area (Å²) in [6.07, 6.45) is 7.61. The van der Waals surface area contributed by atoms with Gasteiger partial charge in [-0.05, 0) is 31.2 Å². The van der Waals surface area contributed by atoms with Crippen molar-refractivity contribution in [3.63, 3.8) is 0 Å². The van der Waals surface area contributed by atoms with Crippen molar-refractivity contribution < 1.29 is 13.2 Å². The Morgan fingerprint density at radius 3 is 2.68 bits per heavy atom. The fourth-order valence-electron chi connectivity index (χ4n) is 3.70. The monoisotopic (exact) mass is 403 g/mol. The minimum Gasteiger partial charge on any atom is -0.352 e. The van der Waals surface area contributed by atoms with Gasteiger partial charge in [-0.25, -0.2) is 13.4 Å². The third kappa shape index (κ3) is 5.01. The second-order valence-electron chi connectivity index (χ2n) is 7.78. The molecule has 2 aromatic rings. The molecule has 1 aliphatic rings. The highest BCUT2D eigenvalue weighted by Crippen LogP contribution is 2.24. The van der Waals surface area contributed by atoms with Crippen LogP contribution in [-0.4, -0.2) is 35.2 Å². The molecule has 3 atom stereocenters. The number of sulfone groups is 1. The molecular formula is C21H29N3O3S. The second kappa shape index (κ2) is 8.90. The van der Waals surface area contributed by atoms with Crippen LogP contribution in [0, 0.1) is 5.92 Å². The number of hydrogen-bond acceptors (Lipinski definition) is 4. The lowest BCUT2D eigenvalue weighted by atomic mass is 9.86. The van der Waals surface area contributed by atoms with Crippen molar-refractivity contribution in [1.82, 2.24) is 14.9 Å². The maximum absolute atomic E-state index is 12.9. The SMILES string of the molecule is CC1CCCCC1NC(=O)C(C)S(=O)(=O)Cc1nccn1Cc1ccccc1. The minimum atomic E-state index is -3.66. The van der Waals surface area contributed by atoms with E-state index in [1.54, 1.807) is 12.4 Å². The van der Waals surface area contributed by atoms with Gasteiger partial charge in [0, 0.05) is 25.0 Å². The van der Waals surface area contributed by atoms with Crippen molar-refractivity contribution in [2.75, 3.05) is 0 Å². The Bertz CT molecular complexity index is 893. The van der Waals surface area contributed by atoms with E-state index in [0.29, 0.717) is 18.3 Å². The fraction of sp³-hybridized carbons (Fsp3) is 0.524. The van der Waals surface area contributed by atoms with Crippen molar-refractivity contribution in [3.8, 4) is 0 Å². The third-order valence-electron chi connectivity index (χ3n) is 5.67. The van der Waals surface area contributed by atoms with Crippen LogP contribution in [0.2, 0.25) is 0 Å². The van der Waals surface area contributed by atoms with Gasteiger partial charge in [0.1, 0.15) is 16.8 Å². The first kappa shape index (κ1) is 20.6. The molecule has 0 bridgehead atoms. The van der Waals surface area contributed by atoms with Crippen LogP contribution in [0.15, 0.2) is 42.7 Å². The summed E-state index contributed by atoms with van der Waals surface area (Å²) < 4.78 is 27.5. The maximum Gasteiger partial charge on any atom is 0.238 e. The lowest BCUT2D eigenvalue weighted by Crippen LogP contribution is -2.47. The van der Waals surface area contributed by atoms with Crippen molar-refractivity contribution in [2.24, 2.45) is 5.92 Å². The van der Waals surface area contributed by atoms with Gasteiger partial charge in [0.2, 0.25) is 5.91 Å². The molecule has 1 aromatic heterocycles. The Kier molecular flexibility index (Phi) is 6.54. The van der Waals surface area contributed by atoms with Gasteiger partial charge in [0.25, 0.3) is 0 Å². The van der Waals surface area contributed by atoms with Crippen molar-refractivity contribution >= 4 is 15.7 Å². The van der Waals surface area contributed by atoms with Crippen LogP contribution < -0.4 is 5.32 Å². The van der Waals surface area contributed by atoms with Crippen LogP contribution >= 0.6 is 0 Å². The summed E-state index contributed by atoms with van der Waals surface area (Å²) in [6.45, 7) is 4.14. The highest BCUT2D eigenvalue weighted by atomic mass is 32.2. The molecule has 6 nitrogen and oxygen atoms in total. The first-order chi connectivity index (χ1) is 13.4. The molecule has 1 aliphatic carbocycles. The molecule has 1 N–H and O–H groups in total. The van der Waals surface area contributed by atoms with E-state index in [1.807, 2.05) is 34.9 Å². The number of nitrogens with one attached hydrogen (secondary N) is 1. The van der Waals surface area contributed by atoms with Crippen LogP contribution in [0.3, 0.4) is 0 Å². The Balaban J connectivity index is 1.66. The zero-order chi connectivity index (χ0) is 20.1. The number of hydrogen-bond donors (Lipinski definition) is 1. The molecule has 0 aliphatic heterocycles. The number of rotatable bonds is 7. The van der Waals surface area contributed by atoms with E-state index < -0.39 is 21.0 Å². The highest BCUT2D eigenvalue weighted by Gasteiger charge is 2.32. The van der Waals surface area contributed by atoms with E-state index in [4.69, 9.17) is 0 Å². The molecule has 0 spiro atoms. The molecule has 1 aromatic carbocycles. The predicted molar refractivity (Wildman–Crippen MR) is 109 cm³/mol. The van der Waals surface area contributed by atoms with Crippen LogP contribution in [0.1, 0.15) is 50.9 Å². The van der Waals surface area contributed by atoms with E-state index in [2.05, 4.69) is 17.2 Å². The molecule has 1 saturated carbocycles. The van der Waals surface area contributed by atoms with Gasteiger partial charge in [-0.2, -0.15) is 0 Å². The number of imidazole rings is 1. The highest BCUT2D eigenvalue weighted by molar-refractivity contribution is 7.92. The first-order valence-corrected chi connectivity index (χ1v) is 11.6. The normalized spacial score (nSPS) is 21.2. The lowest BCUT2D eigenvalue weighted by Gasteiger charge is -2.30. The molecule has 3 rings (SSSR count). The third-order valence-corrected chi connectivity index (χ3v) is 7.63. The van der Waals surface area contributed by atoms with Gasteiger partial charge >= 0.3 is 0 Å². The molecule has 152 valence electrons. The molecule has 0 saturated heterocycles. The lowest BCUT2D eigenvalue weighted by molar-refractivity contribution is -0.121. The smallest absolute Gasteiger partial charge is 0.238 e. The number of carbonyl (C=O) groups excluding carboxylic acids is 1. The predicted octanol–water partition coefficient (Wildman–Crippen LogP) is 2.93. The van der Waals surface area contributed by atoms with Crippen LogP contribution in [-0.2, 0) is 26.9 Å². The molecular weight excluding hydrogens is 374 g/mol. The number of nitrogens with zero attached hydrogens (tertiary/aromatic N) is 2. The fourth-order valence-corrected chi connectivity index (χ4v) is 4.95. The molecule has 0 radical (unpaired) electrons. The standard InChI is InChI=1S/C21H29N3O3S/c1-16-8-6-7-11-19(16)23-21(25)17(2)28(26,27)15-20-22-12-13-24(20)14-18-9-4-3-5-10-18/h3-5,9-10,12-13,16-17,19H,6-8,11,14-15H2,1-2H3,(H,23,25). The second-order valence-corrected chi connectivity index (χ2v) is 10.1. The largest absolute Gasteiger partial charge is 0.352 e. The van der Waals surface area contributed by atoms with Crippen LogP contribution in [0.25, 0.3) is 0 Å². The molecule has 1 heterocycles. The van der Waals surface area contributed by atoms with Crippen LogP contribution in [0.5, 0.6) is 0 Å². The Labute approximate surface area is 167 Å². The zero-order valence-electron chi connectivity index (χ0n) is 16.5. The first-order valence-electron chi connectivity index (χ1n) is 9.92. The summed E-state index contributed by atoms with van der Waals surface area (Å²) in [5.41, 5.74) is 1.07. The van der Waals surface area contributed by atoms with Crippen molar-refractivity contribution in [3.05, 3.63) is 54.1 Å². The Hall–Kier alpha value is -2.15. The number of aromatic nitrogens is 2. The summed E-state index contributed by atoms with van der Waals surface area (Å²) in [4.78, 5) is 16.8. The Morgan fingerprint density at radius 2 is 1.96 bits per heavy atom. The summed E-state index contributed by atoms with van der Waals surface area (Å²) in [5.74, 6) is 0.189. The van der Waals surface area contributed by atoms with Crippen molar-refractivity contribution in [2.45, 2.75) is 63.1 Å². The molecule has 3 unspecified atom stereocenters. The van der Waals surface area contributed by atoms with Gasteiger partial charge in [-0.1, -0.05) is 50.1 Å². The summed E-state index contributed by atoms with van der Waals surface area (Å²) >= 11 is 0. The van der Waals surface area contributed by atoms with E-state index in [1.165, 1.54) is 13.3 Å². The van der Waals surface area contributed by atoms with E-state index in [0.717, 1.165) is 24.8 Å². The van der Waals surface area contributed by atoms with Gasteiger partial charge in [-0.15, -0.1) is 0 Å². The summed E-state index contributed by atoms with van der Waals surface area (Å²) in [5, 5.41) is 1.87. The topological polar surface area (TPSA) is 81.1 Å². The van der Waals surface area contributed by atoms with Gasteiger partial charge in [0.15, 0.2) is 9.84 Å². The number of carbonyl (C=O) groups is 1.